The number of benzene rings is 1. The van der Waals surface area contributed by atoms with Crippen molar-refractivity contribution in [2.75, 3.05) is 6.61 Å². The number of carboxylic acid groups (broad SMARTS) is 1. The summed E-state index contributed by atoms with van der Waals surface area (Å²) in [6.07, 6.45) is 1.38. The van der Waals surface area contributed by atoms with E-state index < -0.39 is 11.9 Å². The van der Waals surface area contributed by atoms with Gasteiger partial charge in [0.15, 0.2) is 0 Å². The zero-order chi connectivity index (χ0) is 17.4. The Labute approximate surface area is 133 Å². The number of nitrogens with zero attached hydrogens (tertiary/aromatic N) is 2. The first-order valence-electron chi connectivity index (χ1n) is 6.59. The lowest BCUT2D eigenvalue weighted by Gasteiger charge is -2.06. The Morgan fingerprint density at radius 3 is 2.48 bits per heavy atom. The highest BCUT2D eigenvalue weighted by Crippen LogP contribution is 2.15. The summed E-state index contributed by atoms with van der Waals surface area (Å²) >= 11 is 0. The van der Waals surface area contributed by atoms with Crippen LogP contribution >= 0.6 is 0 Å². The highest BCUT2D eigenvalue weighted by molar-refractivity contribution is 5.92. The van der Waals surface area contributed by atoms with Gasteiger partial charge in [-0.3, -0.25) is 0 Å². The molecule has 0 saturated heterocycles. The fourth-order valence-corrected chi connectivity index (χ4v) is 1.66. The predicted octanol–water partition coefficient (Wildman–Crippen LogP) is 2.41. The van der Waals surface area contributed by atoms with Gasteiger partial charge in [-0.1, -0.05) is 12.6 Å². The largest absolute Gasteiger partial charge is 0.478 e. The molecular formula is C17H14N2O4. The van der Waals surface area contributed by atoms with Crippen molar-refractivity contribution >= 4 is 18.0 Å². The molecule has 0 aromatic heterocycles. The standard InChI is InChI=1S/C17H14N2O4/c1-11(2)17(22)23-6-5-13(16(20)21)7-12-3-4-14(9-18)15(8-12)10-19/h3-4,7-8H,1,5-6H2,2H3,(H,20,21). The molecule has 0 unspecified atom stereocenters. The van der Waals surface area contributed by atoms with Crippen LogP contribution in [-0.4, -0.2) is 23.7 Å². The van der Waals surface area contributed by atoms with Crippen LogP contribution in [0, 0.1) is 22.7 Å². The predicted molar refractivity (Wildman–Crippen MR) is 81.9 cm³/mol. The molecule has 0 amide bonds. The first kappa shape index (κ1) is 17.7. The highest BCUT2D eigenvalue weighted by atomic mass is 16.5. The molecule has 1 aromatic carbocycles. The number of nitriles is 2. The van der Waals surface area contributed by atoms with Crippen LogP contribution in [0.25, 0.3) is 6.08 Å². The minimum atomic E-state index is -1.15. The van der Waals surface area contributed by atoms with Gasteiger partial charge in [0.25, 0.3) is 0 Å². The topological polar surface area (TPSA) is 111 Å². The maximum atomic E-state index is 11.3. The quantitative estimate of drug-likeness (QED) is 0.638. The number of hydrogen-bond donors (Lipinski definition) is 1. The molecule has 0 aliphatic carbocycles. The van der Waals surface area contributed by atoms with Crippen molar-refractivity contribution in [3.05, 3.63) is 52.6 Å². The van der Waals surface area contributed by atoms with E-state index in [1.807, 2.05) is 12.1 Å². The Hall–Kier alpha value is -3.38. The Morgan fingerprint density at radius 2 is 1.96 bits per heavy atom. The van der Waals surface area contributed by atoms with E-state index in [4.69, 9.17) is 15.3 Å². The van der Waals surface area contributed by atoms with Crippen molar-refractivity contribution in [2.24, 2.45) is 0 Å². The van der Waals surface area contributed by atoms with E-state index in [9.17, 15) is 14.7 Å². The van der Waals surface area contributed by atoms with Crippen molar-refractivity contribution in [3.8, 4) is 12.1 Å². The summed E-state index contributed by atoms with van der Waals surface area (Å²) in [5.41, 5.74) is 1.12. The van der Waals surface area contributed by atoms with Crippen LogP contribution in [-0.2, 0) is 14.3 Å². The third-order valence-corrected chi connectivity index (χ3v) is 2.85. The van der Waals surface area contributed by atoms with Crippen molar-refractivity contribution in [3.63, 3.8) is 0 Å². The zero-order valence-corrected chi connectivity index (χ0v) is 12.5. The fourth-order valence-electron chi connectivity index (χ4n) is 1.66. The molecule has 23 heavy (non-hydrogen) atoms. The second-order valence-corrected chi connectivity index (χ2v) is 4.67. The van der Waals surface area contributed by atoms with E-state index in [-0.39, 0.29) is 35.3 Å². The molecule has 0 fully saturated rings. The smallest absolute Gasteiger partial charge is 0.333 e. The van der Waals surface area contributed by atoms with Gasteiger partial charge >= 0.3 is 11.9 Å². The van der Waals surface area contributed by atoms with Gasteiger partial charge in [-0.2, -0.15) is 10.5 Å². The summed E-state index contributed by atoms with van der Waals surface area (Å²) < 4.78 is 4.87. The summed E-state index contributed by atoms with van der Waals surface area (Å²) in [6, 6.07) is 8.19. The van der Waals surface area contributed by atoms with Crippen molar-refractivity contribution in [1.82, 2.24) is 0 Å². The maximum Gasteiger partial charge on any atom is 0.333 e. The molecule has 0 saturated carbocycles. The SMILES string of the molecule is C=C(C)C(=O)OCCC(=Cc1ccc(C#N)c(C#N)c1)C(=O)O. The van der Waals surface area contributed by atoms with E-state index >= 15 is 0 Å². The van der Waals surface area contributed by atoms with E-state index in [1.54, 1.807) is 6.07 Å². The number of esters is 1. The molecule has 116 valence electrons. The lowest BCUT2D eigenvalue weighted by molar-refractivity contribution is -0.139. The number of carboxylic acids is 1. The molecule has 0 spiro atoms. The first-order chi connectivity index (χ1) is 10.9. The minimum Gasteiger partial charge on any atom is -0.478 e. The van der Waals surface area contributed by atoms with Crippen LogP contribution in [0.5, 0.6) is 0 Å². The Bertz CT molecular complexity index is 764. The number of hydrogen-bond acceptors (Lipinski definition) is 5. The van der Waals surface area contributed by atoms with Gasteiger partial charge in [0, 0.05) is 17.6 Å². The molecule has 1 aromatic rings. The van der Waals surface area contributed by atoms with E-state index in [0.717, 1.165) is 0 Å². The number of aliphatic carboxylic acids is 1. The molecule has 0 aliphatic heterocycles. The zero-order valence-electron chi connectivity index (χ0n) is 12.5. The van der Waals surface area contributed by atoms with Gasteiger partial charge in [0.1, 0.15) is 12.1 Å². The third kappa shape index (κ3) is 5.14. The molecule has 6 nitrogen and oxygen atoms in total. The summed E-state index contributed by atoms with van der Waals surface area (Å²) in [5.74, 6) is -1.74. The molecule has 0 heterocycles. The van der Waals surface area contributed by atoms with Crippen LogP contribution in [0.4, 0.5) is 0 Å². The molecule has 0 bridgehead atoms. The molecule has 0 atom stereocenters. The lowest BCUT2D eigenvalue weighted by Crippen LogP contribution is -2.09. The molecule has 0 radical (unpaired) electrons. The number of ether oxygens (including phenoxy) is 1. The van der Waals surface area contributed by atoms with Gasteiger partial charge in [-0.25, -0.2) is 9.59 Å². The van der Waals surface area contributed by atoms with Crippen LogP contribution < -0.4 is 0 Å². The molecule has 0 aliphatic rings. The molecular weight excluding hydrogens is 296 g/mol. The molecule has 1 N–H and O–H groups in total. The van der Waals surface area contributed by atoms with Crippen LogP contribution in [0.15, 0.2) is 35.9 Å². The van der Waals surface area contributed by atoms with Crippen LogP contribution in [0.3, 0.4) is 0 Å². The van der Waals surface area contributed by atoms with Gasteiger partial charge in [-0.05, 0) is 30.7 Å². The van der Waals surface area contributed by atoms with Gasteiger partial charge in [0.2, 0.25) is 0 Å². The lowest BCUT2D eigenvalue weighted by atomic mass is 10.0. The fraction of sp³-hybridized carbons (Fsp3) is 0.176. The van der Waals surface area contributed by atoms with Gasteiger partial charge in [0.05, 0.1) is 17.7 Å². The summed E-state index contributed by atoms with van der Waals surface area (Å²) in [4.78, 5) is 22.5. The van der Waals surface area contributed by atoms with E-state index in [1.165, 1.54) is 25.1 Å². The average Bonchev–Trinajstić information content (AvgIpc) is 2.53. The first-order valence-corrected chi connectivity index (χ1v) is 6.59. The second kappa shape index (κ2) is 8.16. The minimum absolute atomic E-state index is 0.0102. The summed E-state index contributed by atoms with van der Waals surface area (Å²) in [5, 5.41) is 27.0. The normalized spacial score (nSPS) is 10.3. The van der Waals surface area contributed by atoms with E-state index in [2.05, 4.69) is 6.58 Å². The van der Waals surface area contributed by atoms with Crippen LogP contribution in [0.1, 0.15) is 30.0 Å². The maximum absolute atomic E-state index is 11.3. The Morgan fingerprint density at radius 1 is 1.30 bits per heavy atom. The van der Waals surface area contributed by atoms with Crippen LogP contribution in [0.2, 0.25) is 0 Å². The molecule has 1 rings (SSSR count). The number of rotatable bonds is 6. The number of carbonyl (C=O) groups excluding carboxylic acids is 1. The monoisotopic (exact) mass is 310 g/mol. The average molecular weight is 310 g/mol. The van der Waals surface area contributed by atoms with Gasteiger partial charge in [-0.15, -0.1) is 0 Å². The second-order valence-electron chi connectivity index (χ2n) is 4.67. The van der Waals surface area contributed by atoms with Crippen molar-refractivity contribution < 1.29 is 19.4 Å². The summed E-state index contributed by atoms with van der Waals surface area (Å²) in [7, 11) is 0. The van der Waals surface area contributed by atoms with E-state index in [0.29, 0.717) is 5.56 Å². The third-order valence-electron chi connectivity index (χ3n) is 2.85. The Kier molecular flexibility index (Phi) is 6.27. The van der Waals surface area contributed by atoms with Gasteiger partial charge < -0.3 is 9.84 Å². The van der Waals surface area contributed by atoms with Crippen molar-refractivity contribution in [1.29, 1.82) is 10.5 Å². The molecule has 6 heteroatoms. The summed E-state index contributed by atoms with van der Waals surface area (Å²) in [6.45, 7) is 4.83. The Balaban J connectivity index is 2.94. The van der Waals surface area contributed by atoms with Crippen molar-refractivity contribution in [2.45, 2.75) is 13.3 Å². The highest BCUT2D eigenvalue weighted by Gasteiger charge is 2.11. The number of carbonyl (C=O) groups is 2.